The lowest BCUT2D eigenvalue weighted by molar-refractivity contribution is 0.0449. The zero-order valence-electron chi connectivity index (χ0n) is 16.5. The minimum Gasteiger partial charge on any atom is -0.495 e. The van der Waals surface area contributed by atoms with Gasteiger partial charge in [-0.1, -0.05) is 0 Å². The van der Waals surface area contributed by atoms with E-state index in [1.54, 1.807) is 24.3 Å². The fourth-order valence-corrected chi connectivity index (χ4v) is 3.74. The molecule has 0 unspecified atom stereocenters. The maximum atomic E-state index is 12.2. The summed E-state index contributed by atoms with van der Waals surface area (Å²) in [5, 5.41) is 0. The van der Waals surface area contributed by atoms with Gasteiger partial charge in [0, 0.05) is 14.1 Å². The largest absolute Gasteiger partial charge is 0.495 e. The molecule has 0 aliphatic carbocycles. The summed E-state index contributed by atoms with van der Waals surface area (Å²) in [6, 6.07) is 9.08. The molecule has 0 atom stereocenters. The van der Waals surface area contributed by atoms with Crippen LogP contribution in [0.2, 0.25) is 0 Å². The van der Waals surface area contributed by atoms with Crippen LogP contribution < -0.4 is 14.2 Å². The number of hydrogen-bond donors (Lipinski definition) is 0. The molecule has 2 aromatic rings. The van der Waals surface area contributed by atoms with Crippen LogP contribution in [0.1, 0.15) is 10.4 Å². The molecule has 0 aromatic heterocycles. The highest BCUT2D eigenvalue weighted by Gasteiger charge is 2.17. The summed E-state index contributed by atoms with van der Waals surface area (Å²) in [5.41, 5.74) is 0.278. The van der Waals surface area contributed by atoms with E-state index >= 15 is 0 Å². The van der Waals surface area contributed by atoms with Crippen molar-refractivity contribution in [2.75, 3.05) is 41.5 Å². The van der Waals surface area contributed by atoms with Crippen LogP contribution in [0, 0.1) is 0 Å². The second-order valence-corrected chi connectivity index (χ2v) is 8.88. The quantitative estimate of drug-likeness (QED) is 0.396. The number of benzene rings is 2. The number of carbonyl (C=O) groups excluding carboxylic acids is 1. The van der Waals surface area contributed by atoms with Crippen molar-refractivity contribution >= 4 is 31.9 Å². The van der Waals surface area contributed by atoms with Crippen LogP contribution in [-0.2, 0) is 14.8 Å². The first-order valence-corrected chi connectivity index (χ1v) is 10.7. The maximum absolute atomic E-state index is 12.2. The fraction of sp³-hybridized carbons (Fsp3) is 0.316. The summed E-state index contributed by atoms with van der Waals surface area (Å²) in [7, 11) is 2.40. The number of esters is 1. The Kier molecular flexibility index (Phi) is 7.88. The van der Waals surface area contributed by atoms with Gasteiger partial charge in [-0.05, 0) is 52.3 Å². The molecule has 0 fully saturated rings. The van der Waals surface area contributed by atoms with Gasteiger partial charge in [0.25, 0.3) is 0 Å². The molecule has 0 aliphatic rings. The minimum absolute atomic E-state index is 0.0112. The molecule has 0 heterocycles. The molecular weight excluding hydrogens is 466 g/mol. The second kappa shape index (κ2) is 9.95. The molecule has 0 radical (unpaired) electrons. The lowest BCUT2D eigenvalue weighted by atomic mass is 10.2. The average molecular weight is 488 g/mol. The van der Waals surface area contributed by atoms with Crippen LogP contribution in [-0.4, -0.2) is 60.2 Å². The van der Waals surface area contributed by atoms with Gasteiger partial charge in [0.05, 0.1) is 24.7 Å². The Morgan fingerprint density at radius 1 is 1.00 bits per heavy atom. The van der Waals surface area contributed by atoms with Gasteiger partial charge < -0.3 is 18.9 Å². The van der Waals surface area contributed by atoms with Gasteiger partial charge in [-0.25, -0.2) is 17.5 Å². The van der Waals surface area contributed by atoms with Crippen molar-refractivity contribution in [1.82, 2.24) is 4.31 Å². The molecule has 0 aliphatic heterocycles. The van der Waals surface area contributed by atoms with Crippen LogP contribution in [0.5, 0.6) is 17.2 Å². The number of hydrogen-bond acceptors (Lipinski definition) is 7. The Morgan fingerprint density at radius 3 is 2.03 bits per heavy atom. The predicted molar refractivity (Wildman–Crippen MR) is 110 cm³/mol. The van der Waals surface area contributed by atoms with Crippen molar-refractivity contribution in [2.45, 2.75) is 4.90 Å². The van der Waals surface area contributed by atoms with Crippen LogP contribution >= 0.6 is 15.9 Å². The number of nitrogens with zero attached hydrogens (tertiary/aromatic N) is 1. The number of sulfonamides is 1. The third kappa shape index (κ3) is 5.62. The lowest BCUT2D eigenvalue weighted by Gasteiger charge is -2.13. The molecule has 0 saturated carbocycles. The smallest absolute Gasteiger partial charge is 0.338 e. The first-order chi connectivity index (χ1) is 13.7. The summed E-state index contributed by atoms with van der Waals surface area (Å²) in [6.07, 6.45) is 0. The van der Waals surface area contributed by atoms with Gasteiger partial charge >= 0.3 is 5.97 Å². The van der Waals surface area contributed by atoms with E-state index in [0.717, 1.165) is 4.31 Å². The molecule has 2 rings (SSSR count). The van der Waals surface area contributed by atoms with Crippen LogP contribution in [0.25, 0.3) is 0 Å². The molecule has 158 valence electrons. The van der Waals surface area contributed by atoms with E-state index in [1.165, 1.54) is 40.4 Å². The first-order valence-electron chi connectivity index (χ1n) is 8.44. The Balaban J connectivity index is 1.92. The highest BCUT2D eigenvalue weighted by Crippen LogP contribution is 2.35. The number of halogens is 1. The molecule has 2 aromatic carbocycles. The van der Waals surface area contributed by atoms with E-state index < -0.39 is 16.0 Å². The summed E-state index contributed by atoms with van der Waals surface area (Å²) < 4.78 is 46.9. The Labute approximate surface area is 178 Å². The second-order valence-electron chi connectivity index (χ2n) is 5.94. The number of methoxy groups -OCH3 is 2. The van der Waals surface area contributed by atoms with Gasteiger partial charge in [-0.3, -0.25) is 0 Å². The topological polar surface area (TPSA) is 91.4 Å². The molecule has 10 heteroatoms. The van der Waals surface area contributed by atoms with Gasteiger partial charge in [0.2, 0.25) is 10.0 Å². The van der Waals surface area contributed by atoms with Gasteiger partial charge in [-0.2, -0.15) is 0 Å². The van der Waals surface area contributed by atoms with Crippen molar-refractivity contribution in [3.8, 4) is 17.2 Å². The fourth-order valence-electron chi connectivity index (χ4n) is 2.28. The zero-order valence-corrected chi connectivity index (χ0v) is 18.9. The van der Waals surface area contributed by atoms with Crippen molar-refractivity contribution in [3.05, 3.63) is 46.4 Å². The van der Waals surface area contributed by atoms with Crippen molar-refractivity contribution in [3.63, 3.8) is 0 Å². The molecule has 0 saturated heterocycles. The summed E-state index contributed by atoms with van der Waals surface area (Å²) >= 11 is 3.34. The monoisotopic (exact) mass is 487 g/mol. The van der Waals surface area contributed by atoms with Crippen LogP contribution in [0.4, 0.5) is 0 Å². The number of rotatable bonds is 9. The summed E-state index contributed by atoms with van der Waals surface area (Å²) in [4.78, 5) is 12.4. The standard InChI is InChI=1S/C19H22BrNO7S/c1-21(2)29(23,24)15-7-5-14(6-8-15)27-9-10-28-19(22)13-11-16(25-3)18(20)17(12-13)26-4/h5-8,11-12H,9-10H2,1-4H3. The first kappa shape index (κ1) is 23.0. The molecule has 0 spiro atoms. The van der Waals surface area contributed by atoms with E-state index in [2.05, 4.69) is 15.9 Å². The Bertz CT molecular complexity index is 934. The molecule has 29 heavy (non-hydrogen) atoms. The van der Waals surface area contributed by atoms with Crippen molar-refractivity contribution < 1.29 is 32.2 Å². The maximum Gasteiger partial charge on any atom is 0.338 e. The number of ether oxygens (including phenoxy) is 4. The van der Waals surface area contributed by atoms with E-state index in [0.29, 0.717) is 21.7 Å². The minimum atomic E-state index is -3.49. The highest BCUT2D eigenvalue weighted by atomic mass is 79.9. The zero-order chi connectivity index (χ0) is 21.6. The molecule has 0 bridgehead atoms. The third-order valence-corrected chi connectivity index (χ3v) is 6.48. The molecule has 8 nitrogen and oxygen atoms in total. The van der Waals surface area contributed by atoms with E-state index in [1.807, 2.05) is 0 Å². The number of carbonyl (C=O) groups is 1. The molecule has 0 N–H and O–H groups in total. The van der Waals surface area contributed by atoms with E-state index in [9.17, 15) is 13.2 Å². The molecular formula is C19H22BrNO7S. The highest BCUT2D eigenvalue weighted by molar-refractivity contribution is 9.10. The van der Waals surface area contributed by atoms with E-state index in [4.69, 9.17) is 18.9 Å². The normalized spacial score (nSPS) is 11.2. The van der Waals surface area contributed by atoms with Crippen molar-refractivity contribution in [2.24, 2.45) is 0 Å². The lowest BCUT2D eigenvalue weighted by Crippen LogP contribution is -2.22. The van der Waals surface area contributed by atoms with Gasteiger partial charge in [0.15, 0.2) is 0 Å². The van der Waals surface area contributed by atoms with Crippen LogP contribution in [0.3, 0.4) is 0 Å². The van der Waals surface area contributed by atoms with E-state index in [-0.39, 0.29) is 23.7 Å². The summed E-state index contributed by atoms with van der Waals surface area (Å²) in [5.74, 6) is 0.802. The van der Waals surface area contributed by atoms with Crippen molar-refractivity contribution in [1.29, 1.82) is 0 Å². The Morgan fingerprint density at radius 2 is 1.55 bits per heavy atom. The third-order valence-electron chi connectivity index (χ3n) is 3.87. The average Bonchev–Trinajstić information content (AvgIpc) is 2.71. The van der Waals surface area contributed by atoms with Crippen LogP contribution in [0.15, 0.2) is 45.8 Å². The van der Waals surface area contributed by atoms with Gasteiger partial charge in [0.1, 0.15) is 34.9 Å². The van der Waals surface area contributed by atoms with Gasteiger partial charge in [-0.15, -0.1) is 0 Å². The summed E-state index contributed by atoms with van der Waals surface area (Å²) in [6.45, 7) is 0.119. The SMILES string of the molecule is COc1cc(C(=O)OCCOc2ccc(S(=O)(=O)N(C)C)cc2)cc(OC)c1Br. The molecule has 0 amide bonds. The Hall–Kier alpha value is -2.30. The predicted octanol–water partition coefficient (Wildman–Crippen LogP) is 2.95.